The molecule has 1 aromatic carbocycles. The number of aliphatic hydroxyl groups excluding tert-OH is 1. The van der Waals surface area contributed by atoms with Crippen molar-refractivity contribution in [1.82, 2.24) is 15.0 Å². The first-order chi connectivity index (χ1) is 10.2. The number of methoxy groups -OCH3 is 1. The summed E-state index contributed by atoms with van der Waals surface area (Å²) in [5.74, 6) is 1.49. The smallest absolute Gasteiger partial charge is 0.229 e. The van der Waals surface area contributed by atoms with Gasteiger partial charge in [0.05, 0.1) is 13.7 Å². The molecule has 2 aromatic rings. The fourth-order valence-electron chi connectivity index (χ4n) is 1.60. The van der Waals surface area contributed by atoms with Gasteiger partial charge in [-0.2, -0.15) is 15.0 Å². The van der Waals surface area contributed by atoms with Crippen molar-refractivity contribution < 1.29 is 9.84 Å². The molecule has 1 aromatic heterocycles. The standard InChI is InChI=1S/C13H16ClN5O2/c1-21-10-4-2-9(3-5-10)8-16-13-18-11(14)17-12(19-13)15-6-7-20/h2-5,20H,6-8H2,1H3,(H2,15,16,17,18,19). The zero-order chi connectivity index (χ0) is 15.1. The van der Waals surface area contributed by atoms with Gasteiger partial charge in [0.2, 0.25) is 17.2 Å². The molecule has 21 heavy (non-hydrogen) atoms. The van der Waals surface area contributed by atoms with E-state index < -0.39 is 0 Å². The van der Waals surface area contributed by atoms with Crippen LogP contribution in [0.4, 0.5) is 11.9 Å². The molecule has 0 amide bonds. The Kier molecular flexibility index (Phi) is 5.53. The third-order valence-corrected chi connectivity index (χ3v) is 2.78. The van der Waals surface area contributed by atoms with Gasteiger partial charge in [-0.05, 0) is 29.3 Å². The second-order valence-corrected chi connectivity index (χ2v) is 4.44. The molecule has 0 aliphatic rings. The number of nitrogens with one attached hydrogen (secondary N) is 2. The molecule has 0 aliphatic heterocycles. The average molecular weight is 310 g/mol. The van der Waals surface area contributed by atoms with E-state index in [-0.39, 0.29) is 11.9 Å². The van der Waals surface area contributed by atoms with Crippen molar-refractivity contribution in [2.45, 2.75) is 6.54 Å². The molecule has 0 spiro atoms. The Balaban J connectivity index is 1.99. The monoisotopic (exact) mass is 309 g/mol. The zero-order valence-corrected chi connectivity index (χ0v) is 12.3. The number of nitrogens with zero attached hydrogens (tertiary/aromatic N) is 3. The van der Waals surface area contributed by atoms with Gasteiger partial charge in [0, 0.05) is 13.1 Å². The molecular weight excluding hydrogens is 294 g/mol. The van der Waals surface area contributed by atoms with Gasteiger partial charge in [0.25, 0.3) is 0 Å². The highest BCUT2D eigenvalue weighted by Crippen LogP contribution is 2.13. The van der Waals surface area contributed by atoms with Gasteiger partial charge in [-0.25, -0.2) is 0 Å². The summed E-state index contributed by atoms with van der Waals surface area (Å²) >= 11 is 5.83. The first-order valence-corrected chi connectivity index (χ1v) is 6.72. The maximum Gasteiger partial charge on any atom is 0.229 e. The van der Waals surface area contributed by atoms with Crippen LogP contribution in [-0.2, 0) is 6.54 Å². The number of hydrogen-bond donors (Lipinski definition) is 3. The van der Waals surface area contributed by atoms with E-state index in [0.29, 0.717) is 25.0 Å². The summed E-state index contributed by atoms with van der Waals surface area (Å²) < 4.78 is 5.10. The first kappa shape index (κ1) is 15.3. The van der Waals surface area contributed by atoms with Crippen molar-refractivity contribution in [2.24, 2.45) is 0 Å². The van der Waals surface area contributed by atoms with Crippen LogP contribution in [0.3, 0.4) is 0 Å². The fourth-order valence-corrected chi connectivity index (χ4v) is 1.76. The molecule has 2 rings (SSSR count). The maximum atomic E-state index is 8.77. The molecule has 0 saturated heterocycles. The fraction of sp³-hybridized carbons (Fsp3) is 0.308. The van der Waals surface area contributed by atoms with Crippen molar-refractivity contribution in [3.63, 3.8) is 0 Å². The van der Waals surface area contributed by atoms with Gasteiger partial charge in [-0.1, -0.05) is 12.1 Å². The third kappa shape index (κ3) is 4.73. The minimum Gasteiger partial charge on any atom is -0.497 e. The van der Waals surface area contributed by atoms with Crippen molar-refractivity contribution >= 4 is 23.5 Å². The minimum absolute atomic E-state index is 0.0160. The topological polar surface area (TPSA) is 92.2 Å². The van der Waals surface area contributed by atoms with Crippen LogP contribution < -0.4 is 15.4 Å². The minimum atomic E-state index is -0.0160. The highest BCUT2D eigenvalue weighted by atomic mass is 35.5. The van der Waals surface area contributed by atoms with Crippen molar-refractivity contribution in [2.75, 3.05) is 30.9 Å². The molecule has 8 heteroatoms. The van der Waals surface area contributed by atoms with Crippen molar-refractivity contribution in [3.05, 3.63) is 35.1 Å². The lowest BCUT2D eigenvalue weighted by atomic mass is 10.2. The number of aromatic nitrogens is 3. The van der Waals surface area contributed by atoms with Crippen LogP contribution in [0.1, 0.15) is 5.56 Å². The summed E-state index contributed by atoms with van der Waals surface area (Å²) in [5, 5.41) is 14.8. The molecule has 0 unspecified atom stereocenters. The number of ether oxygens (including phenoxy) is 1. The Morgan fingerprint density at radius 1 is 1.10 bits per heavy atom. The van der Waals surface area contributed by atoms with E-state index >= 15 is 0 Å². The van der Waals surface area contributed by atoms with E-state index in [0.717, 1.165) is 11.3 Å². The van der Waals surface area contributed by atoms with Crippen molar-refractivity contribution in [1.29, 1.82) is 0 Å². The van der Waals surface area contributed by atoms with Crippen LogP contribution in [0.25, 0.3) is 0 Å². The average Bonchev–Trinajstić information content (AvgIpc) is 2.51. The Morgan fingerprint density at radius 3 is 2.38 bits per heavy atom. The SMILES string of the molecule is COc1ccc(CNc2nc(Cl)nc(NCCO)n2)cc1. The molecule has 0 atom stereocenters. The number of benzene rings is 1. The van der Waals surface area contributed by atoms with E-state index in [1.807, 2.05) is 24.3 Å². The lowest BCUT2D eigenvalue weighted by Gasteiger charge is -2.08. The second kappa shape index (κ2) is 7.61. The summed E-state index contributed by atoms with van der Waals surface area (Å²) in [7, 11) is 1.63. The third-order valence-electron chi connectivity index (χ3n) is 2.61. The summed E-state index contributed by atoms with van der Waals surface area (Å²) in [5.41, 5.74) is 1.05. The number of rotatable bonds is 7. The lowest BCUT2D eigenvalue weighted by Crippen LogP contribution is -2.11. The first-order valence-electron chi connectivity index (χ1n) is 6.34. The molecule has 0 aliphatic carbocycles. The number of hydrogen-bond acceptors (Lipinski definition) is 7. The molecule has 0 bridgehead atoms. The summed E-state index contributed by atoms with van der Waals surface area (Å²) in [6.45, 7) is 0.875. The van der Waals surface area contributed by atoms with Gasteiger partial charge in [-0.3, -0.25) is 0 Å². The van der Waals surface area contributed by atoms with Crippen LogP contribution in [0.5, 0.6) is 5.75 Å². The Morgan fingerprint density at radius 2 is 1.76 bits per heavy atom. The Labute approximate surface area is 127 Å². The van der Waals surface area contributed by atoms with Gasteiger partial charge in [0.1, 0.15) is 5.75 Å². The van der Waals surface area contributed by atoms with Crippen molar-refractivity contribution in [3.8, 4) is 5.75 Å². The predicted molar refractivity (Wildman–Crippen MR) is 80.7 cm³/mol. The Hall–Kier alpha value is -2.12. The van der Waals surface area contributed by atoms with E-state index in [1.165, 1.54) is 0 Å². The largest absolute Gasteiger partial charge is 0.497 e. The second-order valence-electron chi connectivity index (χ2n) is 4.10. The van der Waals surface area contributed by atoms with Crippen LogP contribution >= 0.6 is 11.6 Å². The predicted octanol–water partition coefficient (Wildman–Crippen LogP) is 1.55. The van der Waals surface area contributed by atoms with E-state index in [9.17, 15) is 0 Å². The number of halogens is 1. The van der Waals surface area contributed by atoms with Crippen LogP contribution in [0.2, 0.25) is 5.28 Å². The molecule has 3 N–H and O–H groups in total. The van der Waals surface area contributed by atoms with Gasteiger partial charge >= 0.3 is 0 Å². The number of anilines is 2. The lowest BCUT2D eigenvalue weighted by molar-refractivity contribution is 0.311. The van der Waals surface area contributed by atoms with E-state index in [4.69, 9.17) is 21.4 Å². The maximum absolute atomic E-state index is 8.77. The Bertz CT molecular complexity index is 579. The molecule has 1 heterocycles. The molecule has 0 radical (unpaired) electrons. The quantitative estimate of drug-likeness (QED) is 0.714. The molecule has 0 fully saturated rings. The summed E-state index contributed by atoms with van der Waals surface area (Å²) in [6, 6.07) is 7.65. The van der Waals surface area contributed by atoms with E-state index in [1.54, 1.807) is 7.11 Å². The van der Waals surface area contributed by atoms with Crippen LogP contribution in [0.15, 0.2) is 24.3 Å². The van der Waals surface area contributed by atoms with Crippen LogP contribution in [0, 0.1) is 0 Å². The summed E-state index contributed by atoms with van der Waals surface area (Å²) in [6.07, 6.45) is 0. The summed E-state index contributed by atoms with van der Waals surface area (Å²) in [4.78, 5) is 12.1. The zero-order valence-electron chi connectivity index (χ0n) is 11.5. The molecule has 0 saturated carbocycles. The molecular formula is C13H16ClN5O2. The highest BCUT2D eigenvalue weighted by Gasteiger charge is 2.04. The highest BCUT2D eigenvalue weighted by molar-refractivity contribution is 6.28. The molecule has 7 nitrogen and oxygen atoms in total. The van der Waals surface area contributed by atoms with E-state index in [2.05, 4.69) is 25.6 Å². The van der Waals surface area contributed by atoms with Gasteiger partial charge in [-0.15, -0.1) is 0 Å². The normalized spacial score (nSPS) is 10.2. The van der Waals surface area contributed by atoms with Gasteiger partial charge in [0.15, 0.2) is 0 Å². The van der Waals surface area contributed by atoms with Gasteiger partial charge < -0.3 is 20.5 Å². The van der Waals surface area contributed by atoms with Crippen LogP contribution in [-0.4, -0.2) is 40.3 Å². The number of aliphatic hydroxyl groups is 1. The molecule has 112 valence electrons.